The molecule has 100 valence electrons. The van der Waals surface area contributed by atoms with Gasteiger partial charge in [-0.05, 0) is 35.4 Å². The van der Waals surface area contributed by atoms with Crippen molar-refractivity contribution >= 4 is 11.6 Å². The molecular weight excluding hydrogens is 252 g/mol. The van der Waals surface area contributed by atoms with Crippen molar-refractivity contribution < 1.29 is 0 Å². The second-order valence-electron chi connectivity index (χ2n) is 5.50. The van der Waals surface area contributed by atoms with Crippen LogP contribution in [0.15, 0.2) is 54.6 Å². The van der Waals surface area contributed by atoms with Gasteiger partial charge in [0.05, 0.1) is 5.38 Å². The highest BCUT2D eigenvalue weighted by Crippen LogP contribution is 2.25. The summed E-state index contributed by atoms with van der Waals surface area (Å²) >= 11 is 6.50. The monoisotopic (exact) mass is 272 g/mol. The van der Waals surface area contributed by atoms with Gasteiger partial charge in [0.2, 0.25) is 0 Å². The average molecular weight is 273 g/mol. The first-order valence-electron chi connectivity index (χ1n) is 6.92. The molecule has 1 unspecified atom stereocenters. The summed E-state index contributed by atoms with van der Waals surface area (Å²) in [5, 5.41) is 0.0514. The summed E-state index contributed by atoms with van der Waals surface area (Å²) in [6, 6.07) is 19.1. The SMILES string of the molecule is CC(C)Cc1ccc(C(Cl)Cc2ccccc2)cc1. The molecule has 0 aliphatic rings. The summed E-state index contributed by atoms with van der Waals surface area (Å²) < 4.78 is 0. The maximum atomic E-state index is 6.50. The second kappa shape index (κ2) is 6.77. The highest BCUT2D eigenvalue weighted by molar-refractivity contribution is 6.20. The average Bonchev–Trinajstić information content (AvgIpc) is 2.40. The number of alkyl halides is 1. The lowest BCUT2D eigenvalue weighted by Gasteiger charge is -2.11. The van der Waals surface area contributed by atoms with Crippen LogP contribution in [0.4, 0.5) is 0 Å². The van der Waals surface area contributed by atoms with Gasteiger partial charge in [0, 0.05) is 0 Å². The van der Waals surface area contributed by atoms with E-state index in [4.69, 9.17) is 11.6 Å². The number of benzene rings is 2. The Morgan fingerprint density at radius 3 is 1.95 bits per heavy atom. The van der Waals surface area contributed by atoms with Gasteiger partial charge in [0.25, 0.3) is 0 Å². The van der Waals surface area contributed by atoms with Gasteiger partial charge < -0.3 is 0 Å². The number of rotatable bonds is 5. The Kier molecular flexibility index (Phi) is 5.04. The summed E-state index contributed by atoms with van der Waals surface area (Å²) in [6.07, 6.45) is 2.01. The molecule has 0 nitrogen and oxygen atoms in total. The second-order valence-corrected chi connectivity index (χ2v) is 6.02. The molecule has 0 aliphatic carbocycles. The summed E-state index contributed by atoms with van der Waals surface area (Å²) in [5.74, 6) is 0.696. The van der Waals surface area contributed by atoms with E-state index in [-0.39, 0.29) is 5.38 Å². The van der Waals surface area contributed by atoms with Crippen LogP contribution in [0.3, 0.4) is 0 Å². The Balaban J connectivity index is 2.01. The summed E-state index contributed by atoms with van der Waals surface area (Å²) in [6.45, 7) is 4.49. The van der Waals surface area contributed by atoms with Crippen LogP contribution in [-0.4, -0.2) is 0 Å². The minimum Gasteiger partial charge on any atom is -0.117 e. The molecule has 0 bridgehead atoms. The molecule has 1 atom stereocenters. The molecule has 0 radical (unpaired) electrons. The number of halogens is 1. The Hall–Kier alpha value is -1.27. The standard InChI is InChI=1S/C18H21Cl/c1-14(2)12-16-8-10-17(11-9-16)18(19)13-15-6-4-3-5-7-15/h3-11,14,18H,12-13H2,1-2H3. The molecule has 0 spiro atoms. The Morgan fingerprint density at radius 1 is 0.789 bits per heavy atom. The van der Waals surface area contributed by atoms with Gasteiger partial charge in [-0.15, -0.1) is 11.6 Å². The lowest BCUT2D eigenvalue weighted by molar-refractivity contribution is 0.647. The molecule has 0 saturated carbocycles. The zero-order valence-electron chi connectivity index (χ0n) is 11.6. The third-order valence-corrected chi connectivity index (χ3v) is 3.65. The van der Waals surface area contributed by atoms with Crippen molar-refractivity contribution in [3.05, 3.63) is 71.3 Å². The molecule has 2 aromatic carbocycles. The van der Waals surface area contributed by atoms with Crippen LogP contribution < -0.4 is 0 Å². The van der Waals surface area contributed by atoms with Crippen molar-refractivity contribution in [2.75, 3.05) is 0 Å². The molecule has 0 aromatic heterocycles. The zero-order chi connectivity index (χ0) is 13.7. The molecule has 2 aromatic rings. The van der Waals surface area contributed by atoms with Gasteiger partial charge in [0.15, 0.2) is 0 Å². The van der Waals surface area contributed by atoms with Crippen LogP contribution in [0.5, 0.6) is 0 Å². The normalized spacial score (nSPS) is 12.6. The van der Waals surface area contributed by atoms with E-state index >= 15 is 0 Å². The Bertz CT molecular complexity index is 485. The summed E-state index contributed by atoms with van der Waals surface area (Å²) in [4.78, 5) is 0. The van der Waals surface area contributed by atoms with Gasteiger partial charge in [-0.1, -0.05) is 68.4 Å². The molecule has 0 aliphatic heterocycles. The van der Waals surface area contributed by atoms with Crippen LogP contribution in [0.2, 0.25) is 0 Å². The Labute approximate surface area is 121 Å². The van der Waals surface area contributed by atoms with Gasteiger partial charge in [0.1, 0.15) is 0 Å². The predicted octanol–water partition coefficient (Wildman–Crippen LogP) is 5.41. The molecule has 2 rings (SSSR count). The van der Waals surface area contributed by atoms with Crippen LogP contribution >= 0.6 is 11.6 Å². The van der Waals surface area contributed by atoms with E-state index in [2.05, 4.69) is 62.4 Å². The predicted molar refractivity (Wildman–Crippen MR) is 83.7 cm³/mol. The van der Waals surface area contributed by atoms with Gasteiger partial charge in [-0.25, -0.2) is 0 Å². The minimum atomic E-state index is 0.0514. The quantitative estimate of drug-likeness (QED) is 0.639. The van der Waals surface area contributed by atoms with Crippen LogP contribution in [0.1, 0.15) is 35.9 Å². The Morgan fingerprint density at radius 2 is 1.37 bits per heavy atom. The van der Waals surface area contributed by atoms with E-state index in [0.717, 1.165) is 12.8 Å². The third kappa shape index (κ3) is 4.40. The first-order valence-corrected chi connectivity index (χ1v) is 7.35. The van der Waals surface area contributed by atoms with Gasteiger partial charge in [-0.3, -0.25) is 0 Å². The van der Waals surface area contributed by atoms with Crippen molar-refractivity contribution in [2.45, 2.75) is 32.1 Å². The van der Waals surface area contributed by atoms with E-state index in [1.54, 1.807) is 0 Å². The molecule has 19 heavy (non-hydrogen) atoms. The van der Waals surface area contributed by atoms with Crippen LogP contribution in [0.25, 0.3) is 0 Å². The smallest absolute Gasteiger partial charge is 0.0625 e. The van der Waals surface area contributed by atoms with Crippen molar-refractivity contribution in [2.24, 2.45) is 5.92 Å². The highest BCUT2D eigenvalue weighted by Gasteiger charge is 2.09. The molecule has 1 heteroatoms. The van der Waals surface area contributed by atoms with Crippen molar-refractivity contribution in [1.29, 1.82) is 0 Å². The van der Waals surface area contributed by atoms with Gasteiger partial charge >= 0.3 is 0 Å². The van der Waals surface area contributed by atoms with Crippen LogP contribution in [0, 0.1) is 5.92 Å². The van der Waals surface area contributed by atoms with E-state index in [1.165, 1.54) is 16.7 Å². The molecule has 0 N–H and O–H groups in total. The van der Waals surface area contributed by atoms with Gasteiger partial charge in [-0.2, -0.15) is 0 Å². The maximum Gasteiger partial charge on any atom is 0.0625 e. The molecular formula is C18H21Cl. The fraction of sp³-hybridized carbons (Fsp3) is 0.333. The first-order chi connectivity index (χ1) is 9.15. The van der Waals surface area contributed by atoms with Crippen molar-refractivity contribution in [1.82, 2.24) is 0 Å². The fourth-order valence-corrected chi connectivity index (χ4v) is 2.60. The third-order valence-electron chi connectivity index (χ3n) is 3.24. The van der Waals surface area contributed by atoms with E-state index < -0.39 is 0 Å². The fourth-order valence-electron chi connectivity index (χ4n) is 2.27. The summed E-state index contributed by atoms with van der Waals surface area (Å²) in [7, 11) is 0. The lowest BCUT2D eigenvalue weighted by atomic mass is 9.99. The lowest BCUT2D eigenvalue weighted by Crippen LogP contribution is -1.98. The van der Waals surface area contributed by atoms with E-state index in [1.807, 2.05) is 6.07 Å². The zero-order valence-corrected chi connectivity index (χ0v) is 12.4. The van der Waals surface area contributed by atoms with E-state index in [0.29, 0.717) is 5.92 Å². The molecule has 0 heterocycles. The number of hydrogen-bond donors (Lipinski definition) is 0. The molecule has 0 fully saturated rings. The molecule has 0 saturated heterocycles. The highest BCUT2D eigenvalue weighted by atomic mass is 35.5. The summed E-state index contributed by atoms with van der Waals surface area (Å²) in [5.41, 5.74) is 3.88. The molecule has 0 amide bonds. The minimum absolute atomic E-state index is 0.0514. The van der Waals surface area contributed by atoms with E-state index in [9.17, 15) is 0 Å². The topological polar surface area (TPSA) is 0 Å². The van der Waals surface area contributed by atoms with Crippen molar-refractivity contribution in [3.63, 3.8) is 0 Å². The maximum absolute atomic E-state index is 6.50. The van der Waals surface area contributed by atoms with Crippen LogP contribution in [-0.2, 0) is 12.8 Å². The largest absolute Gasteiger partial charge is 0.117 e. The van der Waals surface area contributed by atoms with Crippen molar-refractivity contribution in [3.8, 4) is 0 Å². The number of hydrogen-bond acceptors (Lipinski definition) is 0. The first kappa shape index (κ1) is 14.1.